The molecule has 0 atom stereocenters. The minimum absolute atomic E-state index is 0.00561. The van der Waals surface area contributed by atoms with Crippen molar-refractivity contribution in [1.82, 2.24) is 5.32 Å². The molecule has 7 heteroatoms. The summed E-state index contributed by atoms with van der Waals surface area (Å²) in [6.45, 7) is 7.26. The number of nitrogens with one attached hydrogen (secondary N) is 1. The Morgan fingerprint density at radius 2 is 1.82 bits per heavy atom. The van der Waals surface area contributed by atoms with Crippen molar-refractivity contribution < 1.29 is 14.5 Å². The molecule has 2 rings (SSSR count). The topological polar surface area (TPSA) is 81.5 Å². The van der Waals surface area contributed by atoms with Crippen molar-refractivity contribution in [3.8, 4) is 5.75 Å². The van der Waals surface area contributed by atoms with E-state index < -0.39 is 4.92 Å². The fourth-order valence-corrected chi connectivity index (χ4v) is 3.41. The fraction of sp³-hybridized carbons (Fsp3) is 0.381. The lowest BCUT2D eigenvalue weighted by molar-refractivity contribution is -0.384. The minimum atomic E-state index is -0.424. The molecule has 2 aromatic rings. The van der Waals surface area contributed by atoms with Gasteiger partial charge in [0.15, 0.2) is 0 Å². The second-order valence-electron chi connectivity index (χ2n) is 7.36. The predicted molar refractivity (Wildman–Crippen MR) is 113 cm³/mol. The van der Waals surface area contributed by atoms with E-state index >= 15 is 0 Å². The number of ether oxygens (including phenoxy) is 1. The first-order valence-corrected chi connectivity index (χ1v) is 10.2. The van der Waals surface area contributed by atoms with Gasteiger partial charge >= 0.3 is 0 Å². The largest absolute Gasteiger partial charge is 0.491 e. The molecule has 150 valence electrons. The van der Waals surface area contributed by atoms with E-state index in [1.165, 1.54) is 23.9 Å². The van der Waals surface area contributed by atoms with Crippen molar-refractivity contribution >= 4 is 23.4 Å². The zero-order valence-corrected chi connectivity index (χ0v) is 17.3. The number of hydrogen-bond donors (Lipinski definition) is 1. The van der Waals surface area contributed by atoms with Gasteiger partial charge in [-0.15, -0.1) is 11.8 Å². The lowest BCUT2D eigenvalue weighted by atomic mass is 9.86. The molecular formula is C21H26N2O4S. The Kier molecular flexibility index (Phi) is 7.87. The zero-order chi connectivity index (χ0) is 20.6. The maximum Gasteiger partial charge on any atom is 0.269 e. The first-order valence-electron chi connectivity index (χ1n) is 9.07. The molecule has 0 radical (unpaired) electrons. The van der Waals surface area contributed by atoms with Crippen LogP contribution in [0, 0.1) is 10.1 Å². The molecule has 6 nitrogen and oxygen atoms in total. The normalized spacial score (nSPS) is 11.1. The van der Waals surface area contributed by atoms with Gasteiger partial charge in [0.2, 0.25) is 5.91 Å². The summed E-state index contributed by atoms with van der Waals surface area (Å²) in [6.07, 6.45) is 0. The SMILES string of the molecule is CC(C)(C)c1ccccc1OCCNC(=O)CSCc1ccc([N+](=O)[O-])cc1. The Morgan fingerprint density at radius 3 is 2.46 bits per heavy atom. The molecule has 0 unspecified atom stereocenters. The first kappa shape index (κ1) is 21.8. The van der Waals surface area contributed by atoms with Gasteiger partial charge in [-0.05, 0) is 22.6 Å². The van der Waals surface area contributed by atoms with Crippen LogP contribution in [0.3, 0.4) is 0 Å². The molecule has 0 bridgehead atoms. The second-order valence-corrected chi connectivity index (χ2v) is 8.35. The lowest BCUT2D eigenvalue weighted by Crippen LogP contribution is -2.29. The summed E-state index contributed by atoms with van der Waals surface area (Å²) in [5.41, 5.74) is 2.15. The molecule has 0 aliphatic heterocycles. The van der Waals surface area contributed by atoms with Crippen molar-refractivity contribution in [3.63, 3.8) is 0 Å². The van der Waals surface area contributed by atoms with Crippen molar-refractivity contribution in [2.24, 2.45) is 0 Å². The van der Waals surface area contributed by atoms with Crippen LogP contribution >= 0.6 is 11.8 Å². The van der Waals surface area contributed by atoms with E-state index in [1.807, 2.05) is 18.2 Å². The number of thioether (sulfide) groups is 1. The standard InChI is InChI=1S/C21H26N2O4S/c1-21(2,3)18-6-4-5-7-19(18)27-13-12-22-20(24)15-28-14-16-8-10-17(11-9-16)23(25)26/h4-11H,12-15H2,1-3H3,(H,22,24). The number of nitrogens with zero attached hydrogens (tertiary/aromatic N) is 1. The smallest absolute Gasteiger partial charge is 0.269 e. The van der Waals surface area contributed by atoms with Gasteiger partial charge in [-0.2, -0.15) is 0 Å². The van der Waals surface area contributed by atoms with E-state index in [0.29, 0.717) is 24.7 Å². The van der Waals surface area contributed by atoms with Gasteiger partial charge in [0.25, 0.3) is 5.69 Å². The highest BCUT2D eigenvalue weighted by atomic mass is 32.2. The number of hydrogen-bond acceptors (Lipinski definition) is 5. The number of nitro benzene ring substituents is 1. The Hall–Kier alpha value is -2.54. The second kappa shape index (κ2) is 10.1. The summed E-state index contributed by atoms with van der Waals surface area (Å²) >= 11 is 1.47. The monoisotopic (exact) mass is 402 g/mol. The Balaban J connectivity index is 1.67. The highest BCUT2D eigenvalue weighted by Gasteiger charge is 2.18. The van der Waals surface area contributed by atoms with Crippen molar-refractivity contribution in [1.29, 1.82) is 0 Å². The van der Waals surface area contributed by atoms with E-state index in [0.717, 1.165) is 16.9 Å². The number of amides is 1. The number of benzene rings is 2. The van der Waals surface area contributed by atoms with Crippen molar-refractivity contribution in [3.05, 3.63) is 69.8 Å². The van der Waals surface area contributed by atoms with Crippen LogP contribution in [0.4, 0.5) is 5.69 Å². The summed E-state index contributed by atoms with van der Waals surface area (Å²) in [7, 11) is 0. The molecule has 1 N–H and O–H groups in total. The summed E-state index contributed by atoms with van der Waals surface area (Å²) in [5.74, 6) is 1.74. The van der Waals surface area contributed by atoms with Crippen LogP contribution < -0.4 is 10.1 Å². The van der Waals surface area contributed by atoms with Crippen molar-refractivity contribution in [2.75, 3.05) is 18.9 Å². The van der Waals surface area contributed by atoms with Crippen LogP contribution in [0.15, 0.2) is 48.5 Å². The van der Waals surface area contributed by atoms with Gasteiger partial charge in [0.1, 0.15) is 12.4 Å². The molecule has 0 aliphatic carbocycles. The molecule has 1 amide bonds. The Labute approximate surface area is 169 Å². The van der Waals surface area contributed by atoms with E-state index in [1.54, 1.807) is 12.1 Å². The molecule has 0 fully saturated rings. The molecule has 28 heavy (non-hydrogen) atoms. The summed E-state index contributed by atoms with van der Waals surface area (Å²) in [6, 6.07) is 14.3. The predicted octanol–water partition coefficient (Wildman–Crippen LogP) is 4.32. The quantitative estimate of drug-likeness (QED) is 0.384. The number of nitro groups is 1. The van der Waals surface area contributed by atoms with E-state index in [2.05, 4.69) is 32.2 Å². The molecule has 0 aliphatic rings. The maximum atomic E-state index is 11.9. The van der Waals surface area contributed by atoms with E-state index in [4.69, 9.17) is 4.74 Å². The molecule has 0 aromatic heterocycles. The highest BCUT2D eigenvalue weighted by molar-refractivity contribution is 7.99. The molecule has 0 heterocycles. The van der Waals surface area contributed by atoms with Gasteiger partial charge in [-0.25, -0.2) is 0 Å². The molecule has 2 aromatic carbocycles. The zero-order valence-electron chi connectivity index (χ0n) is 16.4. The minimum Gasteiger partial charge on any atom is -0.491 e. The van der Waals surface area contributed by atoms with Gasteiger partial charge in [0, 0.05) is 17.9 Å². The number of carbonyl (C=O) groups is 1. The number of rotatable bonds is 9. The Bertz CT molecular complexity index is 801. The molecule has 0 saturated carbocycles. The summed E-state index contributed by atoms with van der Waals surface area (Å²) in [4.78, 5) is 22.1. The van der Waals surface area contributed by atoms with Gasteiger partial charge in [-0.3, -0.25) is 14.9 Å². The van der Waals surface area contributed by atoms with Crippen LogP contribution in [0.5, 0.6) is 5.75 Å². The van der Waals surface area contributed by atoms with Crippen molar-refractivity contribution in [2.45, 2.75) is 31.9 Å². The van der Waals surface area contributed by atoms with Gasteiger partial charge < -0.3 is 10.1 Å². The van der Waals surface area contributed by atoms with E-state index in [9.17, 15) is 14.9 Å². The molecular weight excluding hydrogens is 376 g/mol. The van der Waals surface area contributed by atoms with Crippen LogP contribution in [0.1, 0.15) is 31.9 Å². The molecule has 0 saturated heterocycles. The molecule has 0 spiro atoms. The van der Waals surface area contributed by atoms with Crippen LogP contribution in [-0.2, 0) is 16.0 Å². The van der Waals surface area contributed by atoms with E-state index in [-0.39, 0.29) is 17.0 Å². The number of carbonyl (C=O) groups excluding carboxylic acids is 1. The Morgan fingerprint density at radius 1 is 1.14 bits per heavy atom. The third-order valence-electron chi connectivity index (χ3n) is 4.03. The van der Waals surface area contributed by atoms with Crippen LogP contribution in [0.25, 0.3) is 0 Å². The lowest BCUT2D eigenvalue weighted by Gasteiger charge is -2.22. The third kappa shape index (κ3) is 6.88. The number of non-ortho nitro benzene ring substituents is 1. The van der Waals surface area contributed by atoms with Crippen LogP contribution in [0.2, 0.25) is 0 Å². The summed E-state index contributed by atoms with van der Waals surface area (Å²) in [5, 5.41) is 13.5. The number of para-hydroxylation sites is 1. The fourth-order valence-electron chi connectivity index (χ4n) is 2.59. The highest BCUT2D eigenvalue weighted by Crippen LogP contribution is 2.30. The van der Waals surface area contributed by atoms with Crippen LogP contribution in [-0.4, -0.2) is 29.7 Å². The average Bonchev–Trinajstić information content (AvgIpc) is 2.65. The maximum absolute atomic E-state index is 11.9. The average molecular weight is 403 g/mol. The third-order valence-corrected chi connectivity index (χ3v) is 5.03. The van der Waals surface area contributed by atoms with Gasteiger partial charge in [-0.1, -0.05) is 51.1 Å². The van der Waals surface area contributed by atoms with Gasteiger partial charge in [0.05, 0.1) is 17.2 Å². The first-order chi connectivity index (χ1) is 13.3. The summed E-state index contributed by atoms with van der Waals surface area (Å²) < 4.78 is 5.84.